The third-order valence-electron chi connectivity index (χ3n) is 3.75. The number of nitrogens with zero attached hydrogens (tertiary/aromatic N) is 2. The Bertz CT molecular complexity index is 744. The van der Waals surface area contributed by atoms with E-state index in [9.17, 15) is 23.3 Å². The van der Waals surface area contributed by atoms with Crippen molar-refractivity contribution in [2.24, 2.45) is 11.1 Å². The predicted molar refractivity (Wildman–Crippen MR) is 81.0 cm³/mol. The highest BCUT2D eigenvalue weighted by atomic mass is 32.2. The van der Waals surface area contributed by atoms with Crippen molar-refractivity contribution in [1.29, 1.82) is 0 Å². The number of nitro groups is 1. The number of aryl methyl sites for hydroxylation is 2. The molecule has 0 aliphatic carbocycles. The number of amides is 1. The summed E-state index contributed by atoms with van der Waals surface area (Å²) in [5.74, 6) is -1.10. The highest BCUT2D eigenvalue weighted by Gasteiger charge is 2.36. The van der Waals surface area contributed by atoms with E-state index in [1.807, 2.05) is 0 Å². The number of hydrogen-bond acceptors (Lipinski definition) is 5. The first-order chi connectivity index (χ1) is 10.1. The summed E-state index contributed by atoms with van der Waals surface area (Å²) < 4.78 is 22.3. The minimum Gasteiger partial charge on any atom is -0.306 e. The van der Waals surface area contributed by atoms with E-state index in [0.717, 1.165) is 11.1 Å². The van der Waals surface area contributed by atoms with Crippen LogP contribution in [0.2, 0.25) is 0 Å². The first-order valence-corrected chi connectivity index (χ1v) is 8.36. The van der Waals surface area contributed by atoms with Gasteiger partial charge >= 0.3 is 0 Å². The van der Waals surface area contributed by atoms with Gasteiger partial charge in [-0.3, -0.25) is 14.9 Å². The molecule has 0 aromatic heterocycles. The van der Waals surface area contributed by atoms with Gasteiger partial charge in [0.15, 0.2) is 0 Å². The first-order valence-electron chi connectivity index (χ1n) is 6.65. The zero-order chi connectivity index (χ0) is 16.7. The Morgan fingerprint density at radius 3 is 2.50 bits per heavy atom. The largest absolute Gasteiger partial charge is 0.306 e. The van der Waals surface area contributed by atoms with Crippen molar-refractivity contribution in [3.63, 3.8) is 0 Å². The number of anilines is 1. The van der Waals surface area contributed by atoms with Crippen molar-refractivity contribution >= 4 is 27.3 Å². The smallest absolute Gasteiger partial charge is 0.293 e. The van der Waals surface area contributed by atoms with Crippen LogP contribution >= 0.6 is 0 Å². The van der Waals surface area contributed by atoms with Crippen LogP contribution < -0.4 is 10.0 Å². The normalized spacial score (nSPS) is 18.8. The molecule has 0 radical (unpaired) electrons. The fourth-order valence-corrected chi connectivity index (χ4v) is 3.48. The second kappa shape index (κ2) is 5.65. The second-order valence-corrected chi connectivity index (χ2v) is 7.25. The standard InChI is InChI=1S/C13H17N3O5S/c1-8-3-11(12(16(18)19)4-9(8)2)15-6-10(5-13(15)17)7-22(14,20)21/h3-4,10H,5-7H2,1-2H3,(H2,14,20,21). The molecule has 1 aromatic rings. The van der Waals surface area contributed by atoms with Gasteiger partial charge in [0.1, 0.15) is 5.69 Å². The van der Waals surface area contributed by atoms with E-state index in [4.69, 9.17) is 5.14 Å². The SMILES string of the molecule is Cc1cc(N2CC(CS(N)(=O)=O)CC2=O)c([N+](=O)[O-])cc1C. The number of primary sulfonamides is 1. The van der Waals surface area contributed by atoms with Gasteiger partial charge in [-0.1, -0.05) is 0 Å². The first kappa shape index (κ1) is 16.4. The molecule has 9 heteroatoms. The van der Waals surface area contributed by atoms with Gasteiger partial charge in [0.25, 0.3) is 5.69 Å². The Hall–Kier alpha value is -2.00. The number of rotatable bonds is 4. The monoisotopic (exact) mass is 327 g/mol. The maximum atomic E-state index is 12.1. The zero-order valence-electron chi connectivity index (χ0n) is 12.3. The summed E-state index contributed by atoms with van der Waals surface area (Å²) in [6.45, 7) is 3.66. The Morgan fingerprint density at radius 1 is 1.36 bits per heavy atom. The molecular formula is C13H17N3O5S. The van der Waals surface area contributed by atoms with Crippen molar-refractivity contribution in [2.75, 3.05) is 17.2 Å². The number of hydrogen-bond donors (Lipinski definition) is 1. The topological polar surface area (TPSA) is 124 Å². The van der Waals surface area contributed by atoms with Crippen LogP contribution in [0.25, 0.3) is 0 Å². The van der Waals surface area contributed by atoms with Crippen LogP contribution in [0.5, 0.6) is 0 Å². The van der Waals surface area contributed by atoms with Crippen LogP contribution in [0.4, 0.5) is 11.4 Å². The summed E-state index contributed by atoms with van der Waals surface area (Å²) in [7, 11) is -3.69. The molecule has 1 aliphatic heterocycles. The van der Waals surface area contributed by atoms with Gasteiger partial charge < -0.3 is 4.90 Å². The van der Waals surface area contributed by atoms with Crippen LogP contribution in [0.15, 0.2) is 12.1 Å². The van der Waals surface area contributed by atoms with E-state index < -0.39 is 20.9 Å². The van der Waals surface area contributed by atoms with Crippen molar-refractivity contribution in [2.45, 2.75) is 20.3 Å². The zero-order valence-corrected chi connectivity index (χ0v) is 13.1. The fourth-order valence-electron chi connectivity index (χ4n) is 2.60. The predicted octanol–water partition coefficient (Wildman–Crippen LogP) is 0.853. The van der Waals surface area contributed by atoms with Crippen LogP contribution in [0, 0.1) is 29.9 Å². The Morgan fingerprint density at radius 2 is 1.95 bits per heavy atom. The van der Waals surface area contributed by atoms with Gasteiger partial charge in [0.2, 0.25) is 15.9 Å². The van der Waals surface area contributed by atoms with Gasteiger partial charge in [-0.2, -0.15) is 0 Å². The molecule has 0 bridgehead atoms. The molecular weight excluding hydrogens is 310 g/mol. The molecule has 8 nitrogen and oxygen atoms in total. The lowest BCUT2D eigenvalue weighted by Crippen LogP contribution is -2.28. The number of benzene rings is 1. The molecule has 1 fully saturated rings. The number of carbonyl (C=O) groups excluding carboxylic acids is 1. The van der Waals surface area contributed by atoms with Gasteiger partial charge in [-0.05, 0) is 31.0 Å². The summed E-state index contributed by atoms with van der Waals surface area (Å²) in [4.78, 5) is 24.1. The van der Waals surface area contributed by atoms with Gasteiger partial charge in [0.05, 0.1) is 10.7 Å². The van der Waals surface area contributed by atoms with Gasteiger partial charge in [-0.25, -0.2) is 13.6 Å². The minimum atomic E-state index is -3.69. The Labute approximate surface area is 128 Å². The minimum absolute atomic E-state index is 0.0144. The van der Waals surface area contributed by atoms with E-state index in [1.54, 1.807) is 19.9 Å². The summed E-state index contributed by atoms with van der Waals surface area (Å²) in [6.07, 6.45) is 0.0144. The molecule has 1 aliphatic rings. The van der Waals surface area contributed by atoms with E-state index >= 15 is 0 Å². The molecule has 22 heavy (non-hydrogen) atoms. The number of carbonyl (C=O) groups is 1. The molecule has 0 spiro atoms. The molecule has 120 valence electrons. The third kappa shape index (κ3) is 3.42. The number of nitrogens with two attached hydrogens (primary N) is 1. The van der Waals surface area contributed by atoms with Crippen LogP contribution in [-0.4, -0.2) is 31.5 Å². The number of sulfonamides is 1. The summed E-state index contributed by atoms with van der Waals surface area (Å²) in [5.41, 5.74) is 1.62. The van der Waals surface area contributed by atoms with E-state index in [1.165, 1.54) is 11.0 Å². The molecule has 2 N–H and O–H groups in total. The average molecular weight is 327 g/mol. The molecule has 1 heterocycles. The summed E-state index contributed by atoms with van der Waals surface area (Å²) in [6, 6.07) is 3.01. The highest BCUT2D eigenvalue weighted by molar-refractivity contribution is 7.89. The van der Waals surface area contributed by atoms with Crippen molar-refractivity contribution in [3.05, 3.63) is 33.4 Å². The van der Waals surface area contributed by atoms with E-state index in [-0.39, 0.29) is 36.0 Å². The molecule has 1 amide bonds. The maximum absolute atomic E-state index is 12.1. The number of nitro benzene ring substituents is 1. The molecule has 1 saturated heterocycles. The van der Waals surface area contributed by atoms with Crippen LogP contribution in [0.1, 0.15) is 17.5 Å². The van der Waals surface area contributed by atoms with E-state index in [2.05, 4.69) is 0 Å². The molecule has 1 unspecified atom stereocenters. The maximum Gasteiger partial charge on any atom is 0.293 e. The fraction of sp³-hybridized carbons (Fsp3) is 0.462. The van der Waals surface area contributed by atoms with Crippen molar-refractivity contribution < 1.29 is 18.1 Å². The Kier molecular flexibility index (Phi) is 4.21. The quantitative estimate of drug-likeness (QED) is 0.648. The van der Waals surface area contributed by atoms with Gasteiger partial charge in [0, 0.05) is 24.9 Å². The summed E-state index contributed by atoms with van der Waals surface area (Å²) in [5, 5.41) is 16.2. The van der Waals surface area contributed by atoms with Crippen molar-refractivity contribution in [3.8, 4) is 0 Å². The lowest BCUT2D eigenvalue weighted by atomic mass is 10.1. The molecule has 0 saturated carbocycles. The lowest BCUT2D eigenvalue weighted by Gasteiger charge is -2.18. The Balaban J connectivity index is 2.38. The van der Waals surface area contributed by atoms with E-state index in [0.29, 0.717) is 0 Å². The van der Waals surface area contributed by atoms with Crippen LogP contribution in [-0.2, 0) is 14.8 Å². The molecule has 1 atom stereocenters. The van der Waals surface area contributed by atoms with Crippen molar-refractivity contribution in [1.82, 2.24) is 0 Å². The second-order valence-electron chi connectivity index (χ2n) is 5.59. The highest BCUT2D eigenvalue weighted by Crippen LogP contribution is 2.35. The average Bonchev–Trinajstić information content (AvgIpc) is 2.70. The summed E-state index contributed by atoms with van der Waals surface area (Å²) >= 11 is 0. The molecule has 2 rings (SSSR count). The lowest BCUT2D eigenvalue weighted by molar-refractivity contribution is -0.384. The third-order valence-corrected chi connectivity index (χ3v) is 4.69. The molecule has 1 aromatic carbocycles. The van der Waals surface area contributed by atoms with Gasteiger partial charge in [-0.15, -0.1) is 0 Å². The van der Waals surface area contributed by atoms with Crippen LogP contribution in [0.3, 0.4) is 0 Å².